The first kappa shape index (κ1) is 25.6. The lowest BCUT2D eigenvalue weighted by Crippen LogP contribution is -2.12. The zero-order chi connectivity index (χ0) is 25.4. The van der Waals surface area contributed by atoms with Gasteiger partial charge in [0.1, 0.15) is 5.65 Å². The van der Waals surface area contributed by atoms with Crippen LogP contribution in [0, 0.1) is 23.8 Å². The van der Waals surface area contributed by atoms with E-state index in [1.807, 2.05) is 29.8 Å². The van der Waals surface area contributed by atoms with Gasteiger partial charge >= 0.3 is 5.97 Å². The van der Waals surface area contributed by atoms with Crippen molar-refractivity contribution in [2.45, 2.75) is 45.6 Å². The van der Waals surface area contributed by atoms with Crippen LogP contribution in [-0.4, -0.2) is 33.0 Å². The van der Waals surface area contributed by atoms with Crippen LogP contribution in [-0.2, 0) is 29.6 Å². The third-order valence-electron chi connectivity index (χ3n) is 5.87. The minimum Gasteiger partial charge on any atom is -0.481 e. The number of aromatic nitrogens is 2. The number of ether oxygens (including phenoxy) is 1. The van der Waals surface area contributed by atoms with Gasteiger partial charge in [-0.25, -0.2) is 9.83 Å². The van der Waals surface area contributed by atoms with Gasteiger partial charge in [0.25, 0.3) is 0 Å². The van der Waals surface area contributed by atoms with Crippen molar-refractivity contribution < 1.29 is 19.4 Å². The molecule has 180 valence electrons. The second-order valence-corrected chi connectivity index (χ2v) is 8.71. The summed E-state index contributed by atoms with van der Waals surface area (Å²) in [4.78, 5) is 32.2. The highest BCUT2D eigenvalue weighted by Crippen LogP contribution is 2.30. The largest absolute Gasteiger partial charge is 0.481 e. The third kappa shape index (κ3) is 6.53. The van der Waals surface area contributed by atoms with Crippen LogP contribution in [0.1, 0.15) is 59.8 Å². The number of carboxylic acid groups (broad SMARTS) is 1. The Kier molecular flexibility index (Phi) is 8.72. The molecule has 3 rings (SSSR count). The molecule has 1 N–H and O–H groups in total. The molecule has 8 nitrogen and oxygen atoms in total. The number of nitrogens with zero attached hydrogens (tertiary/aromatic N) is 4. The first-order chi connectivity index (χ1) is 16.8. The zero-order valence-corrected chi connectivity index (χ0v) is 20.0. The predicted molar refractivity (Wildman–Crippen MR) is 131 cm³/mol. The fraction of sp³-hybridized carbons (Fsp3) is 0.370. The number of carboxylic acids is 1. The Morgan fingerprint density at radius 1 is 1.29 bits per heavy atom. The number of Topliss-reactive ketones (excluding diaryl/α,β-unsaturated/α-hetero) is 1. The van der Waals surface area contributed by atoms with Crippen LogP contribution in [0.3, 0.4) is 0 Å². The van der Waals surface area contributed by atoms with Gasteiger partial charge in [-0.15, -0.1) is 0 Å². The number of unbranched alkanes of at least 4 members (excludes halogenated alkanes) is 1. The van der Waals surface area contributed by atoms with Crippen molar-refractivity contribution in [2.75, 3.05) is 6.61 Å². The Morgan fingerprint density at radius 2 is 2.09 bits per heavy atom. The molecule has 0 radical (unpaired) electrons. The van der Waals surface area contributed by atoms with Crippen LogP contribution >= 0.6 is 0 Å². The Labute approximate surface area is 204 Å². The van der Waals surface area contributed by atoms with Crippen molar-refractivity contribution in [1.82, 2.24) is 9.55 Å². The number of hydrogen-bond donors (Lipinski definition) is 1. The van der Waals surface area contributed by atoms with Gasteiger partial charge in [0, 0.05) is 49.3 Å². The second-order valence-electron chi connectivity index (χ2n) is 8.71. The molecule has 2 aromatic heterocycles. The van der Waals surface area contributed by atoms with E-state index in [-0.39, 0.29) is 24.5 Å². The Hall–Kier alpha value is -4.01. The fourth-order valence-electron chi connectivity index (χ4n) is 4.22. The molecule has 35 heavy (non-hydrogen) atoms. The van der Waals surface area contributed by atoms with Crippen molar-refractivity contribution in [2.24, 2.45) is 13.0 Å². The summed E-state index contributed by atoms with van der Waals surface area (Å²) in [5.41, 5.74) is 3.91. The Bertz CT molecular complexity index is 1310. The van der Waals surface area contributed by atoms with Gasteiger partial charge in [-0.3, -0.25) is 9.59 Å². The standard InChI is InChI=1S/C27H28N4O4/c1-18(12-25(33)34)11-24(32)26-22-14-21(29-2)16-30-27(22)31(3)23(26)9-4-5-10-35-17-20-8-6-7-19(13-20)15-28/h6-8,13-14,16,18H,4-5,9-12,17H2,1,3H3,(H,33,34)/t18-/m1/s1. The van der Waals surface area contributed by atoms with Gasteiger partial charge in [-0.05, 0) is 48.9 Å². The molecule has 0 spiro atoms. The van der Waals surface area contributed by atoms with Gasteiger partial charge in [-0.2, -0.15) is 5.26 Å². The van der Waals surface area contributed by atoms with Gasteiger partial charge < -0.3 is 14.4 Å². The first-order valence-electron chi connectivity index (χ1n) is 11.5. The fourth-order valence-corrected chi connectivity index (χ4v) is 4.22. The van der Waals surface area contributed by atoms with Gasteiger partial charge in [0.15, 0.2) is 5.78 Å². The van der Waals surface area contributed by atoms with Gasteiger partial charge in [-0.1, -0.05) is 19.1 Å². The molecule has 0 unspecified atom stereocenters. The summed E-state index contributed by atoms with van der Waals surface area (Å²) in [6, 6.07) is 11.1. The number of nitriles is 1. The maximum atomic E-state index is 13.3. The molecular formula is C27H28N4O4. The van der Waals surface area contributed by atoms with Crippen LogP contribution in [0.4, 0.5) is 5.69 Å². The van der Waals surface area contributed by atoms with Crippen molar-refractivity contribution in [3.05, 3.63) is 70.3 Å². The molecule has 0 saturated heterocycles. The number of hydrogen-bond acceptors (Lipinski definition) is 5. The van der Waals surface area contributed by atoms with Crippen molar-refractivity contribution >= 4 is 28.5 Å². The predicted octanol–water partition coefficient (Wildman–Crippen LogP) is 5.22. The summed E-state index contributed by atoms with van der Waals surface area (Å²) in [5.74, 6) is -1.36. The molecule has 0 fully saturated rings. The smallest absolute Gasteiger partial charge is 0.303 e. The molecule has 1 atom stereocenters. The number of aliphatic carboxylic acids is 1. The van der Waals surface area contributed by atoms with Crippen molar-refractivity contribution in [3.63, 3.8) is 0 Å². The number of benzene rings is 1. The third-order valence-corrected chi connectivity index (χ3v) is 5.87. The molecule has 0 saturated carbocycles. The summed E-state index contributed by atoms with van der Waals surface area (Å²) in [6.07, 6.45) is 3.72. The maximum Gasteiger partial charge on any atom is 0.303 e. The number of pyridine rings is 1. The first-order valence-corrected chi connectivity index (χ1v) is 11.5. The summed E-state index contributed by atoms with van der Waals surface area (Å²) in [5, 5.41) is 18.7. The normalized spacial score (nSPS) is 11.7. The number of rotatable bonds is 12. The van der Waals surface area contributed by atoms with Crippen LogP contribution < -0.4 is 0 Å². The molecule has 0 bridgehead atoms. The number of carbonyl (C=O) groups excluding carboxylic acids is 1. The molecule has 1 aromatic carbocycles. The highest BCUT2D eigenvalue weighted by Gasteiger charge is 2.24. The minimum absolute atomic E-state index is 0.0774. The SMILES string of the molecule is [C-]#[N+]c1cnc2c(c1)c(C(=O)C[C@@H](C)CC(=O)O)c(CCCCOCc1cccc(C#N)c1)n2C. The lowest BCUT2D eigenvalue weighted by Gasteiger charge is -2.11. The van der Waals surface area contributed by atoms with E-state index in [9.17, 15) is 9.59 Å². The number of aryl methyl sites for hydroxylation is 1. The molecule has 3 aromatic rings. The second kappa shape index (κ2) is 11.9. The van der Waals surface area contributed by atoms with Crippen LogP contribution in [0.15, 0.2) is 36.5 Å². The summed E-state index contributed by atoms with van der Waals surface area (Å²) >= 11 is 0. The van der Waals surface area contributed by atoms with E-state index in [0.717, 1.165) is 24.1 Å². The van der Waals surface area contributed by atoms with E-state index >= 15 is 0 Å². The number of fused-ring (bicyclic) bond motifs is 1. The monoisotopic (exact) mass is 472 g/mol. The van der Waals surface area contributed by atoms with E-state index in [1.54, 1.807) is 19.1 Å². The van der Waals surface area contributed by atoms with E-state index in [0.29, 0.717) is 47.5 Å². The maximum absolute atomic E-state index is 13.3. The lowest BCUT2D eigenvalue weighted by atomic mass is 9.94. The highest BCUT2D eigenvalue weighted by atomic mass is 16.5. The summed E-state index contributed by atoms with van der Waals surface area (Å²) in [7, 11) is 1.86. The molecule has 0 aliphatic heterocycles. The number of ketones is 1. The van der Waals surface area contributed by atoms with Crippen LogP contribution in [0.5, 0.6) is 0 Å². The van der Waals surface area contributed by atoms with E-state index < -0.39 is 5.97 Å². The lowest BCUT2D eigenvalue weighted by molar-refractivity contribution is -0.137. The van der Waals surface area contributed by atoms with Gasteiger partial charge in [0.05, 0.1) is 24.8 Å². The van der Waals surface area contributed by atoms with E-state index in [1.165, 1.54) is 6.20 Å². The molecular weight excluding hydrogens is 444 g/mol. The van der Waals surface area contributed by atoms with E-state index in [2.05, 4.69) is 15.9 Å². The summed E-state index contributed by atoms with van der Waals surface area (Å²) < 4.78 is 7.65. The quantitative estimate of drug-likeness (QED) is 0.220. The van der Waals surface area contributed by atoms with E-state index in [4.69, 9.17) is 21.7 Å². The van der Waals surface area contributed by atoms with Crippen molar-refractivity contribution in [1.29, 1.82) is 5.26 Å². The van der Waals surface area contributed by atoms with Crippen molar-refractivity contribution in [3.8, 4) is 6.07 Å². The highest BCUT2D eigenvalue weighted by molar-refractivity contribution is 6.09. The average Bonchev–Trinajstić information content (AvgIpc) is 3.11. The zero-order valence-electron chi connectivity index (χ0n) is 20.0. The van der Waals surface area contributed by atoms with Crippen LogP contribution in [0.2, 0.25) is 0 Å². The molecule has 0 aliphatic carbocycles. The van der Waals surface area contributed by atoms with Crippen LogP contribution in [0.25, 0.3) is 15.9 Å². The minimum atomic E-state index is -0.931. The van der Waals surface area contributed by atoms with Gasteiger partial charge in [0.2, 0.25) is 5.69 Å². The molecule has 2 heterocycles. The Morgan fingerprint density at radius 3 is 2.80 bits per heavy atom. The number of carbonyl (C=O) groups is 2. The Balaban J connectivity index is 1.70. The average molecular weight is 473 g/mol. The topological polar surface area (TPSA) is 110 Å². The molecule has 0 amide bonds. The molecule has 8 heteroatoms. The summed E-state index contributed by atoms with van der Waals surface area (Å²) in [6.45, 7) is 10.0. The molecule has 0 aliphatic rings.